The summed E-state index contributed by atoms with van der Waals surface area (Å²) in [6.07, 6.45) is 4.62. The van der Waals surface area contributed by atoms with Gasteiger partial charge in [0.15, 0.2) is 5.69 Å². The lowest BCUT2D eigenvalue weighted by Crippen LogP contribution is -2.29. The van der Waals surface area contributed by atoms with Crippen LogP contribution in [0.1, 0.15) is 34.9 Å². The molecule has 1 amide bonds. The average molecular weight is 336 g/mol. The Hall–Kier alpha value is -1.92. The maximum atomic E-state index is 12.1. The molecule has 1 aromatic carbocycles. The topological polar surface area (TPSA) is 71.8 Å². The molecular weight excluding hydrogens is 314 g/mol. The number of hydrogen-bond donors (Lipinski definition) is 2. The van der Waals surface area contributed by atoms with Crippen molar-refractivity contribution in [3.8, 4) is 0 Å². The summed E-state index contributed by atoms with van der Waals surface area (Å²) < 4.78 is 1.83. The zero-order valence-corrected chi connectivity index (χ0v) is 13.8. The maximum Gasteiger partial charge on any atom is 0.273 e. The number of piperidine rings is 1. The molecule has 0 atom stereocenters. The fraction of sp³-hybridized carbons (Fsp3) is 0.438. The number of benzene rings is 1. The molecule has 0 radical (unpaired) electrons. The van der Waals surface area contributed by atoms with Gasteiger partial charge in [-0.15, -0.1) is 17.5 Å². The summed E-state index contributed by atoms with van der Waals surface area (Å²) in [6, 6.07) is 10.4. The smallest absolute Gasteiger partial charge is 0.273 e. The van der Waals surface area contributed by atoms with Gasteiger partial charge in [-0.05, 0) is 37.9 Å². The van der Waals surface area contributed by atoms with Gasteiger partial charge in [-0.25, -0.2) is 4.68 Å². The van der Waals surface area contributed by atoms with Crippen molar-refractivity contribution in [2.24, 2.45) is 0 Å². The molecule has 2 heterocycles. The highest BCUT2D eigenvalue weighted by Crippen LogP contribution is 2.16. The van der Waals surface area contributed by atoms with Crippen LogP contribution >= 0.6 is 12.4 Å². The van der Waals surface area contributed by atoms with Crippen LogP contribution in [0.15, 0.2) is 36.5 Å². The summed E-state index contributed by atoms with van der Waals surface area (Å²) in [7, 11) is 0. The molecule has 1 fully saturated rings. The predicted molar refractivity (Wildman–Crippen MR) is 90.9 cm³/mol. The van der Waals surface area contributed by atoms with Crippen LogP contribution in [0.25, 0.3) is 0 Å². The lowest BCUT2D eigenvalue weighted by atomic mass is 10.1. The highest BCUT2D eigenvalue weighted by Gasteiger charge is 2.18. The minimum atomic E-state index is -0.156. The molecule has 2 aromatic rings. The summed E-state index contributed by atoms with van der Waals surface area (Å²) in [4.78, 5) is 12.1. The Morgan fingerprint density at radius 3 is 2.74 bits per heavy atom. The van der Waals surface area contributed by atoms with E-state index in [1.807, 2.05) is 22.9 Å². The van der Waals surface area contributed by atoms with Crippen LogP contribution in [0.2, 0.25) is 0 Å². The van der Waals surface area contributed by atoms with Crippen molar-refractivity contribution in [3.63, 3.8) is 0 Å². The van der Waals surface area contributed by atoms with Crippen molar-refractivity contribution < 1.29 is 4.79 Å². The summed E-state index contributed by atoms with van der Waals surface area (Å²) in [6.45, 7) is 2.58. The lowest BCUT2D eigenvalue weighted by Gasteiger charge is -2.22. The highest BCUT2D eigenvalue weighted by atomic mass is 35.5. The fourth-order valence-electron chi connectivity index (χ4n) is 2.69. The van der Waals surface area contributed by atoms with E-state index >= 15 is 0 Å². The van der Waals surface area contributed by atoms with Crippen LogP contribution in [0.3, 0.4) is 0 Å². The molecule has 1 aliphatic heterocycles. The normalized spacial score (nSPS) is 15.0. The maximum absolute atomic E-state index is 12.1. The Labute approximate surface area is 142 Å². The average Bonchev–Trinajstić information content (AvgIpc) is 3.07. The first kappa shape index (κ1) is 17.4. The van der Waals surface area contributed by atoms with Gasteiger partial charge in [0, 0.05) is 6.54 Å². The van der Waals surface area contributed by atoms with Gasteiger partial charge < -0.3 is 10.6 Å². The Morgan fingerprint density at radius 1 is 1.26 bits per heavy atom. The van der Waals surface area contributed by atoms with Crippen LogP contribution in [0.5, 0.6) is 0 Å². The van der Waals surface area contributed by atoms with Gasteiger partial charge in [0.1, 0.15) is 0 Å². The third-order valence-corrected chi connectivity index (χ3v) is 3.97. The van der Waals surface area contributed by atoms with Gasteiger partial charge in [-0.3, -0.25) is 4.79 Å². The third kappa shape index (κ3) is 4.77. The highest BCUT2D eigenvalue weighted by molar-refractivity contribution is 5.91. The predicted octanol–water partition coefficient (Wildman–Crippen LogP) is 1.60. The number of rotatable bonds is 5. The number of nitrogens with zero attached hydrogens (tertiary/aromatic N) is 3. The van der Waals surface area contributed by atoms with Crippen LogP contribution in [-0.2, 0) is 6.42 Å². The van der Waals surface area contributed by atoms with Crippen LogP contribution in [0.4, 0.5) is 0 Å². The van der Waals surface area contributed by atoms with Crippen molar-refractivity contribution in [3.05, 3.63) is 47.8 Å². The van der Waals surface area contributed by atoms with Crippen molar-refractivity contribution in [1.29, 1.82) is 0 Å². The molecule has 6 nitrogen and oxygen atoms in total. The van der Waals surface area contributed by atoms with E-state index in [0.717, 1.165) is 32.4 Å². The second-order valence-electron chi connectivity index (χ2n) is 5.56. The number of halogens is 1. The summed E-state index contributed by atoms with van der Waals surface area (Å²) in [5.74, 6) is -0.156. The minimum absolute atomic E-state index is 0. The molecule has 124 valence electrons. The fourth-order valence-corrected chi connectivity index (χ4v) is 2.69. The zero-order chi connectivity index (χ0) is 15.2. The Kier molecular flexibility index (Phi) is 6.55. The van der Waals surface area contributed by atoms with E-state index in [0.29, 0.717) is 18.3 Å². The van der Waals surface area contributed by atoms with E-state index in [1.54, 1.807) is 6.20 Å². The molecule has 1 aromatic heterocycles. The minimum Gasteiger partial charge on any atom is -0.350 e. The van der Waals surface area contributed by atoms with E-state index in [4.69, 9.17) is 0 Å². The van der Waals surface area contributed by atoms with E-state index in [-0.39, 0.29) is 18.3 Å². The molecule has 2 N–H and O–H groups in total. The SMILES string of the molecule is Cl.O=C(NCCc1ccccc1)c1cn(C2CCNCC2)nn1. The number of hydrogen-bond acceptors (Lipinski definition) is 4. The van der Waals surface area contributed by atoms with Crippen LogP contribution in [-0.4, -0.2) is 40.5 Å². The van der Waals surface area contributed by atoms with E-state index in [1.165, 1.54) is 5.56 Å². The van der Waals surface area contributed by atoms with Gasteiger partial charge in [-0.2, -0.15) is 0 Å². The van der Waals surface area contributed by atoms with Crippen LogP contribution < -0.4 is 10.6 Å². The summed E-state index contributed by atoms with van der Waals surface area (Å²) in [5.41, 5.74) is 1.60. The summed E-state index contributed by atoms with van der Waals surface area (Å²) in [5, 5.41) is 14.3. The first-order chi connectivity index (χ1) is 10.8. The van der Waals surface area contributed by atoms with Gasteiger partial charge in [0.2, 0.25) is 0 Å². The van der Waals surface area contributed by atoms with Gasteiger partial charge in [0.05, 0.1) is 12.2 Å². The summed E-state index contributed by atoms with van der Waals surface area (Å²) >= 11 is 0. The number of nitrogens with one attached hydrogen (secondary N) is 2. The molecule has 0 unspecified atom stereocenters. The molecule has 7 heteroatoms. The number of aromatic nitrogens is 3. The number of carbonyl (C=O) groups is 1. The molecular formula is C16H22ClN5O. The molecule has 0 spiro atoms. The van der Waals surface area contributed by atoms with Crippen molar-refractivity contribution in [2.45, 2.75) is 25.3 Å². The number of carbonyl (C=O) groups excluding carboxylic acids is 1. The lowest BCUT2D eigenvalue weighted by molar-refractivity contribution is 0.0949. The second-order valence-corrected chi connectivity index (χ2v) is 5.56. The molecule has 1 aliphatic rings. The van der Waals surface area contributed by atoms with Gasteiger partial charge in [0.25, 0.3) is 5.91 Å². The van der Waals surface area contributed by atoms with Gasteiger partial charge in [-0.1, -0.05) is 35.5 Å². The monoisotopic (exact) mass is 335 g/mol. The van der Waals surface area contributed by atoms with E-state index < -0.39 is 0 Å². The molecule has 0 bridgehead atoms. The van der Waals surface area contributed by atoms with E-state index in [9.17, 15) is 4.79 Å². The van der Waals surface area contributed by atoms with E-state index in [2.05, 4.69) is 33.1 Å². The molecule has 23 heavy (non-hydrogen) atoms. The van der Waals surface area contributed by atoms with Crippen molar-refractivity contribution in [2.75, 3.05) is 19.6 Å². The quantitative estimate of drug-likeness (QED) is 0.870. The number of amides is 1. The Balaban J connectivity index is 0.00000192. The zero-order valence-electron chi connectivity index (χ0n) is 12.9. The Morgan fingerprint density at radius 2 is 2.00 bits per heavy atom. The third-order valence-electron chi connectivity index (χ3n) is 3.97. The molecule has 3 rings (SSSR count). The molecule has 0 aliphatic carbocycles. The molecule has 0 saturated carbocycles. The first-order valence-electron chi connectivity index (χ1n) is 7.77. The van der Waals surface area contributed by atoms with Crippen LogP contribution in [0, 0.1) is 0 Å². The largest absolute Gasteiger partial charge is 0.350 e. The Bertz CT molecular complexity index is 610. The van der Waals surface area contributed by atoms with Crippen molar-refractivity contribution >= 4 is 18.3 Å². The van der Waals surface area contributed by atoms with Crippen molar-refractivity contribution in [1.82, 2.24) is 25.6 Å². The first-order valence-corrected chi connectivity index (χ1v) is 7.77. The van der Waals surface area contributed by atoms with Gasteiger partial charge >= 0.3 is 0 Å². The second kappa shape index (κ2) is 8.64. The molecule has 1 saturated heterocycles. The standard InChI is InChI=1S/C16H21N5O.ClH/c22-16(18-11-6-13-4-2-1-3-5-13)15-12-21(20-19-15)14-7-9-17-10-8-14;/h1-5,12,14,17H,6-11H2,(H,18,22);1H.